The lowest BCUT2D eigenvalue weighted by molar-refractivity contribution is -0.537. The van der Waals surface area contributed by atoms with Crippen molar-refractivity contribution in [1.29, 1.82) is 5.26 Å². The van der Waals surface area contributed by atoms with Gasteiger partial charge in [0.1, 0.15) is 10.5 Å². The van der Waals surface area contributed by atoms with Gasteiger partial charge >= 0.3 is 5.82 Å². The van der Waals surface area contributed by atoms with E-state index in [1.54, 1.807) is 30.3 Å². The predicted molar refractivity (Wildman–Crippen MR) is 49.8 cm³/mol. The van der Waals surface area contributed by atoms with Gasteiger partial charge in [-0.3, -0.25) is 5.73 Å². The third-order valence-electron chi connectivity index (χ3n) is 2.16. The second kappa shape index (κ2) is 3.08. The van der Waals surface area contributed by atoms with Gasteiger partial charge in [-0.2, -0.15) is 9.99 Å². The van der Waals surface area contributed by atoms with Gasteiger partial charge in [-0.05, 0) is 6.07 Å². The van der Waals surface area contributed by atoms with Crippen LogP contribution in [0.4, 0.5) is 5.82 Å². The van der Waals surface area contributed by atoms with Gasteiger partial charge in [0.15, 0.2) is 5.52 Å². The van der Waals surface area contributed by atoms with Gasteiger partial charge in [0.2, 0.25) is 0 Å². The Labute approximate surface area is 84.0 Å². The van der Waals surface area contributed by atoms with Gasteiger partial charge in [-0.15, -0.1) is 0 Å². The topological polar surface area (TPSA) is 99.6 Å². The molecule has 0 spiro atoms. The number of nitrogens with zero attached hydrogens (tertiary/aromatic N) is 3. The van der Waals surface area contributed by atoms with Gasteiger partial charge in [0.05, 0.1) is 0 Å². The van der Waals surface area contributed by atoms with E-state index >= 15 is 0 Å². The van der Waals surface area contributed by atoms with Crippen molar-refractivity contribution in [2.45, 2.75) is 0 Å². The molecule has 0 bridgehead atoms. The molecule has 0 saturated carbocycles. The zero-order valence-electron chi connectivity index (χ0n) is 7.71. The minimum Gasteiger partial charge on any atom is -0.426 e. The summed E-state index contributed by atoms with van der Waals surface area (Å²) >= 11 is 0. The lowest BCUT2D eigenvalue weighted by Crippen LogP contribution is -2.51. The van der Waals surface area contributed by atoms with E-state index in [0.29, 0.717) is 9.16 Å². The normalized spacial score (nSPS) is 10.1. The number of fused-ring (bicyclic) bond motifs is 1. The van der Waals surface area contributed by atoms with Crippen LogP contribution < -0.4 is 10.2 Å². The van der Waals surface area contributed by atoms with Crippen LogP contribution in [0.5, 0.6) is 0 Å². The summed E-state index contributed by atoms with van der Waals surface area (Å²) in [7, 11) is 0. The Hall–Kier alpha value is -2.39. The molecule has 0 saturated heterocycles. The van der Waals surface area contributed by atoms with Crippen LogP contribution in [0.2, 0.25) is 0 Å². The first-order valence-corrected chi connectivity index (χ1v) is 4.18. The molecule has 6 heteroatoms. The molecule has 2 aromatic rings. The molecule has 1 heterocycles. The summed E-state index contributed by atoms with van der Waals surface area (Å²) in [5.41, 5.74) is 3.83. The molecule has 0 aliphatic rings. The first-order valence-electron chi connectivity index (χ1n) is 4.18. The Morgan fingerprint density at radius 3 is 2.80 bits per heavy atom. The first-order chi connectivity index (χ1) is 7.16. The van der Waals surface area contributed by atoms with E-state index in [2.05, 4.69) is 5.73 Å². The summed E-state index contributed by atoms with van der Waals surface area (Å²) in [4.78, 5) is 11.6. The van der Waals surface area contributed by atoms with Crippen LogP contribution in [0.3, 0.4) is 0 Å². The van der Waals surface area contributed by atoms with Crippen molar-refractivity contribution >= 4 is 16.9 Å². The molecular weight excluding hydrogens is 196 g/mol. The molecule has 0 fully saturated rings. The van der Waals surface area contributed by atoms with Gasteiger partial charge in [-0.25, -0.2) is 0 Å². The number of hydrogen-bond acceptors (Lipinski definition) is 3. The average Bonchev–Trinajstić information content (AvgIpc) is 2.27. The van der Waals surface area contributed by atoms with Crippen molar-refractivity contribution in [3.05, 3.63) is 34.9 Å². The van der Waals surface area contributed by atoms with Gasteiger partial charge in [0.25, 0.3) is 11.2 Å². The predicted octanol–water partition coefficient (Wildman–Crippen LogP) is -0.462. The molecule has 0 amide bonds. The van der Waals surface area contributed by atoms with E-state index in [1.807, 2.05) is 0 Å². The van der Waals surface area contributed by atoms with Crippen molar-refractivity contribution < 1.29 is 15.4 Å². The average molecular weight is 204 g/mol. The molecule has 0 unspecified atom stereocenters. The summed E-state index contributed by atoms with van der Waals surface area (Å²) in [6.07, 6.45) is 0. The van der Waals surface area contributed by atoms with Gasteiger partial charge in [-0.1, -0.05) is 12.1 Å². The highest BCUT2D eigenvalue weighted by atomic mass is 16.5. The Balaban J connectivity index is 3.12. The quantitative estimate of drug-likeness (QED) is 0.448. The Morgan fingerprint density at radius 1 is 1.47 bits per heavy atom. The van der Waals surface area contributed by atoms with Crippen molar-refractivity contribution in [3.8, 4) is 6.07 Å². The lowest BCUT2D eigenvalue weighted by Gasteiger charge is -1.99. The molecule has 0 aliphatic heterocycles. The molecular formula is C9H8N4O2+2. The summed E-state index contributed by atoms with van der Waals surface area (Å²) in [5, 5.41) is 18.4. The molecule has 15 heavy (non-hydrogen) atoms. The SMILES string of the molecule is N#Cc1c([NH3+])[n+](=O)c2ccccc2n1O. The van der Waals surface area contributed by atoms with E-state index in [0.717, 1.165) is 0 Å². The molecule has 6 nitrogen and oxygen atoms in total. The largest absolute Gasteiger partial charge is 0.456 e. The van der Waals surface area contributed by atoms with Crippen LogP contribution in [0.25, 0.3) is 11.0 Å². The van der Waals surface area contributed by atoms with Crippen molar-refractivity contribution in [2.75, 3.05) is 0 Å². The maximum Gasteiger partial charge on any atom is 0.456 e. The molecule has 1 aromatic carbocycles. The van der Waals surface area contributed by atoms with Crippen LogP contribution >= 0.6 is 0 Å². The molecule has 2 rings (SSSR count). The van der Waals surface area contributed by atoms with E-state index in [1.165, 1.54) is 0 Å². The highest BCUT2D eigenvalue weighted by Gasteiger charge is 2.25. The zero-order valence-corrected chi connectivity index (χ0v) is 7.71. The monoisotopic (exact) mass is 204 g/mol. The minimum absolute atomic E-state index is 0.0706. The number of rotatable bonds is 0. The van der Waals surface area contributed by atoms with E-state index < -0.39 is 0 Å². The summed E-state index contributed by atoms with van der Waals surface area (Å²) < 4.78 is 1.20. The standard InChI is InChI=1S/C9H7N4O2/c10-5-8-9(11)13(15)7-4-2-1-3-6(7)12(8)14/h1-4,14H,11H2/q+1/p+1. The number of hydrogen-bond donors (Lipinski definition) is 2. The third kappa shape index (κ3) is 1.14. The fourth-order valence-electron chi connectivity index (χ4n) is 1.41. The Kier molecular flexibility index (Phi) is 1.88. The third-order valence-corrected chi connectivity index (χ3v) is 2.16. The number of aromatic nitrogens is 2. The fourth-order valence-corrected chi connectivity index (χ4v) is 1.41. The van der Waals surface area contributed by atoms with Crippen LogP contribution in [-0.2, 0) is 0 Å². The highest BCUT2D eigenvalue weighted by molar-refractivity contribution is 5.72. The highest BCUT2D eigenvalue weighted by Crippen LogP contribution is 2.12. The zero-order chi connectivity index (χ0) is 11.0. The second-order valence-electron chi connectivity index (χ2n) is 3.00. The second-order valence-corrected chi connectivity index (χ2v) is 3.00. The summed E-state index contributed by atoms with van der Waals surface area (Å²) in [6, 6.07) is 8.15. The maximum atomic E-state index is 11.6. The van der Waals surface area contributed by atoms with Crippen LogP contribution in [0.1, 0.15) is 5.69 Å². The van der Waals surface area contributed by atoms with E-state index in [-0.39, 0.29) is 22.5 Å². The fraction of sp³-hybridized carbons (Fsp3) is 0. The number of para-hydroxylation sites is 2. The number of nitriles is 1. The van der Waals surface area contributed by atoms with Crippen molar-refractivity contribution in [1.82, 2.24) is 4.73 Å². The van der Waals surface area contributed by atoms with E-state index in [9.17, 15) is 10.1 Å². The molecule has 0 aliphatic carbocycles. The Bertz CT molecular complexity index is 639. The van der Waals surface area contributed by atoms with Crippen LogP contribution in [0, 0.1) is 16.2 Å². The minimum atomic E-state index is -0.163. The molecule has 4 N–H and O–H groups in total. The summed E-state index contributed by atoms with van der Waals surface area (Å²) in [6.45, 7) is 0. The van der Waals surface area contributed by atoms with Crippen LogP contribution in [0.15, 0.2) is 24.3 Å². The van der Waals surface area contributed by atoms with Crippen molar-refractivity contribution in [3.63, 3.8) is 0 Å². The summed E-state index contributed by atoms with van der Waals surface area (Å²) in [5.74, 6) is -0.0706. The lowest BCUT2D eigenvalue weighted by atomic mass is 10.3. The van der Waals surface area contributed by atoms with Crippen molar-refractivity contribution in [2.24, 2.45) is 0 Å². The first kappa shape index (κ1) is 9.18. The number of benzene rings is 1. The maximum absolute atomic E-state index is 11.6. The number of quaternary nitrogens is 1. The van der Waals surface area contributed by atoms with Gasteiger partial charge < -0.3 is 5.21 Å². The molecule has 74 valence electrons. The Morgan fingerprint density at radius 2 is 2.13 bits per heavy atom. The smallest absolute Gasteiger partial charge is 0.426 e. The van der Waals surface area contributed by atoms with Gasteiger partial charge in [0, 0.05) is 11.0 Å². The molecule has 0 radical (unpaired) electrons. The molecule has 1 aromatic heterocycles. The van der Waals surface area contributed by atoms with E-state index in [4.69, 9.17) is 5.26 Å². The van der Waals surface area contributed by atoms with Crippen LogP contribution in [-0.4, -0.2) is 9.94 Å². The molecule has 0 atom stereocenters.